The van der Waals surface area contributed by atoms with Crippen molar-refractivity contribution in [1.82, 2.24) is 10.3 Å². The summed E-state index contributed by atoms with van der Waals surface area (Å²) in [5, 5.41) is 3.21. The average Bonchev–Trinajstić information content (AvgIpc) is 2.42. The van der Waals surface area contributed by atoms with Crippen LogP contribution < -0.4 is 10.1 Å². The third-order valence-electron chi connectivity index (χ3n) is 2.82. The first-order valence-corrected chi connectivity index (χ1v) is 7.63. The quantitative estimate of drug-likeness (QED) is 0.829. The van der Waals surface area contributed by atoms with E-state index in [-0.39, 0.29) is 5.88 Å². The Morgan fingerprint density at radius 1 is 1.33 bits per heavy atom. The van der Waals surface area contributed by atoms with Crippen LogP contribution in [0.25, 0.3) is 0 Å². The number of rotatable bonds is 6. The van der Waals surface area contributed by atoms with E-state index in [0.29, 0.717) is 23.8 Å². The van der Waals surface area contributed by atoms with Crippen molar-refractivity contribution in [3.05, 3.63) is 52.4 Å². The third-order valence-corrected chi connectivity index (χ3v) is 3.31. The minimum absolute atomic E-state index is 0.00283. The summed E-state index contributed by atoms with van der Waals surface area (Å²) in [6.45, 7) is 5.51. The summed E-state index contributed by atoms with van der Waals surface area (Å²) in [5.74, 6) is 0.640. The lowest BCUT2D eigenvalue weighted by atomic mass is 10.2. The largest absolute Gasteiger partial charge is 0.436 e. The fourth-order valence-electron chi connectivity index (χ4n) is 1.81. The predicted octanol–water partition coefficient (Wildman–Crippen LogP) is 4.52. The van der Waals surface area contributed by atoms with Gasteiger partial charge in [-0.15, -0.1) is 0 Å². The normalized spacial score (nSPS) is 10.9. The molecule has 0 unspecified atom stereocenters. The van der Waals surface area contributed by atoms with E-state index >= 15 is 0 Å². The fourth-order valence-corrected chi connectivity index (χ4v) is 2.19. The van der Waals surface area contributed by atoms with Crippen molar-refractivity contribution in [2.45, 2.75) is 20.4 Å². The second kappa shape index (κ2) is 7.52. The topological polar surface area (TPSA) is 34.2 Å². The number of nitrogens with zero attached hydrogens (tertiary/aromatic N) is 1. The van der Waals surface area contributed by atoms with Crippen molar-refractivity contribution in [3.63, 3.8) is 0 Å². The van der Waals surface area contributed by atoms with E-state index in [1.54, 1.807) is 24.4 Å². The highest BCUT2D eigenvalue weighted by atomic mass is 79.9. The zero-order valence-electron chi connectivity index (χ0n) is 12.1. The van der Waals surface area contributed by atoms with Crippen LogP contribution in [0, 0.1) is 11.7 Å². The highest BCUT2D eigenvalue weighted by molar-refractivity contribution is 9.10. The molecule has 0 aliphatic heterocycles. The molecular weight excluding hydrogens is 335 g/mol. The number of hydrogen-bond acceptors (Lipinski definition) is 3. The molecule has 0 fully saturated rings. The Balaban J connectivity index is 2.10. The van der Waals surface area contributed by atoms with E-state index in [4.69, 9.17) is 4.74 Å². The predicted molar refractivity (Wildman–Crippen MR) is 85.0 cm³/mol. The maximum absolute atomic E-state index is 14.3. The molecule has 21 heavy (non-hydrogen) atoms. The lowest BCUT2D eigenvalue weighted by Gasteiger charge is -2.11. The van der Waals surface area contributed by atoms with Crippen LogP contribution in [-0.2, 0) is 6.54 Å². The Bertz CT molecular complexity index is 605. The maximum Gasteiger partial charge on any atom is 0.256 e. The van der Waals surface area contributed by atoms with Crippen LogP contribution in [0.3, 0.4) is 0 Å². The van der Waals surface area contributed by atoms with Gasteiger partial charge in [0.25, 0.3) is 5.88 Å². The van der Waals surface area contributed by atoms with Crippen LogP contribution in [0.1, 0.15) is 19.4 Å². The van der Waals surface area contributed by atoms with Gasteiger partial charge in [-0.25, -0.2) is 9.37 Å². The van der Waals surface area contributed by atoms with Gasteiger partial charge >= 0.3 is 0 Å². The summed E-state index contributed by atoms with van der Waals surface area (Å²) in [5.41, 5.74) is 0.552. The minimum Gasteiger partial charge on any atom is -0.436 e. The first kappa shape index (κ1) is 15.9. The van der Waals surface area contributed by atoms with E-state index < -0.39 is 5.82 Å². The monoisotopic (exact) mass is 352 g/mol. The number of pyridine rings is 1. The van der Waals surface area contributed by atoms with Gasteiger partial charge in [-0.05, 0) is 36.7 Å². The first-order valence-electron chi connectivity index (χ1n) is 6.84. The number of hydrogen-bond donors (Lipinski definition) is 1. The lowest BCUT2D eigenvalue weighted by molar-refractivity contribution is 0.416. The standard InChI is InChI=1S/C16H18BrFN2O/c1-11(2)9-19-10-12-6-7-20-16(15(12)18)21-14-5-3-4-13(17)8-14/h3-8,11,19H,9-10H2,1-2H3. The van der Waals surface area contributed by atoms with E-state index in [1.165, 1.54) is 0 Å². The van der Waals surface area contributed by atoms with Crippen LogP contribution in [0.5, 0.6) is 11.6 Å². The maximum atomic E-state index is 14.3. The van der Waals surface area contributed by atoms with Crippen LogP contribution in [0.2, 0.25) is 0 Å². The van der Waals surface area contributed by atoms with Gasteiger partial charge in [0.15, 0.2) is 5.82 Å². The van der Waals surface area contributed by atoms with E-state index in [0.717, 1.165) is 11.0 Å². The summed E-state index contributed by atoms with van der Waals surface area (Å²) >= 11 is 3.35. The molecule has 0 aliphatic rings. The number of benzene rings is 1. The van der Waals surface area contributed by atoms with Crippen molar-refractivity contribution in [3.8, 4) is 11.6 Å². The molecule has 0 amide bonds. The summed E-state index contributed by atoms with van der Waals surface area (Å²) in [7, 11) is 0. The summed E-state index contributed by atoms with van der Waals surface area (Å²) in [6, 6.07) is 8.89. The van der Waals surface area contributed by atoms with Gasteiger partial charge in [-0.3, -0.25) is 0 Å². The van der Waals surface area contributed by atoms with Gasteiger partial charge in [-0.2, -0.15) is 0 Å². The molecule has 2 rings (SSSR count). The Morgan fingerprint density at radius 2 is 2.14 bits per heavy atom. The van der Waals surface area contributed by atoms with Crippen molar-refractivity contribution >= 4 is 15.9 Å². The van der Waals surface area contributed by atoms with Crippen LogP contribution in [-0.4, -0.2) is 11.5 Å². The molecule has 0 saturated carbocycles. The average molecular weight is 353 g/mol. The van der Waals surface area contributed by atoms with Crippen LogP contribution >= 0.6 is 15.9 Å². The van der Waals surface area contributed by atoms with Crippen molar-refractivity contribution in [1.29, 1.82) is 0 Å². The van der Waals surface area contributed by atoms with Gasteiger partial charge in [0.1, 0.15) is 5.75 Å². The molecule has 1 aromatic carbocycles. The second-order valence-corrected chi connectivity index (χ2v) is 6.09. The van der Waals surface area contributed by atoms with Gasteiger partial charge in [0.05, 0.1) is 0 Å². The molecule has 1 heterocycles. The molecule has 112 valence electrons. The van der Waals surface area contributed by atoms with Gasteiger partial charge < -0.3 is 10.1 Å². The highest BCUT2D eigenvalue weighted by Crippen LogP contribution is 2.26. The Hall–Kier alpha value is -1.46. The summed E-state index contributed by atoms with van der Waals surface area (Å²) in [6.07, 6.45) is 1.56. The zero-order chi connectivity index (χ0) is 15.2. The molecule has 1 N–H and O–H groups in total. The zero-order valence-corrected chi connectivity index (χ0v) is 13.7. The van der Waals surface area contributed by atoms with Crippen molar-refractivity contribution in [2.24, 2.45) is 5.92 Å². The smallest absolute Gasteiger partial charge is 0.256 e. The van der Waals surface area contributed by atoms with Crippen LogP contribution in [0.15, 0.2) is 41.0 Å². The number of halogens is 2. The number of nitrogens with one attached hydrogen (secondary N) is 1. The number of aromatic nitrogens is 1. The molecule has 0 spiro atoms. The van der Waals surface area contributed by atoms with Crippen molar-refractivity contribution < 1.29 is 9.13 Å². The highest BCUT2D eigenvalue weighted by Gasteiger charge is 2.11. The Kier molecular flexibility index (Phi) is 5.70. The third kappa shape index (κ3) is 4.79. The van der Waals surface area contributed by atoms with Gasteiger partial charge in [-0.1, -0.05) is 35.8 Å². The molecule has 2 aromatic rings. The van der Waals surface area contributed by atoms with Crippen molar-refractivity contribution in [2.75, 3.05) is 6.54 Å². The molecule has 1 aromatic heterocycles. The number of ether oxygens (including phenoxy) is 1. The molecule has 0 atom stereocenters. The second-order valence-electron chi connectivity index (χ2n) is 5.17. The van der Waals surface area contributed by atoms with E-state index in [2.05, 4.69) is 40.1 Å². The SMILES string of the molecule is CC(C)CNCc1ccnc(Oc2cccc(Br)c2)c1F. The molecular formula is C16H18BrFN2O. The molecule has 0 radical (unpaired) electrons. The first-order chi connectivity index (χ1) is 10.1. The van der Waals surface area contributed by atoms with E-state index in [9.17, 15) is 4.39 Å². The summed E-state index contributed by atoms with van der Waals surface area (Å²) < 4.78 is 20.7. The Labute approximate surface area is 132 Å². The minimum atomic E-state index is -0.422. The molecule has 0 bridgehead atoms. The van der Waals surface area contributed by atoms with Crippen LogP contribution in [0.4, 0.5) is 4.39 Å². The fraction of sp³-hybridized carbons (Fsp3) is 0.312. The molecule has 0 saturated heterocycles. The Morgan fingerprint density at radius 3 is 2.86 bits per heavy atom. The van der Waals surface area contributed by atoms with Gasteiger partial charge in [0.2, 0.25) is 0 Å². The van der Waals surface area contributed by atoms with Gasteiger partial charge in [0, 0.05) is 22.8 Å². The lowest BCUT2D eigenvalue weighted by Crippen LogP contribution is -2.19. The van der Waals surface area contributed by atoms with E-state index in [1.807, 2.05) is 12.1 Å². The molecule has 0 aliphatic carbocycles. The summed E-state index contributed by atoms with van der Waals surface area (Å²) in [4.78, 5) is 3.97. The molecule has 3 nitrogen and oxygen atoms in total. The molecule has 5 heteroatoms.